The summed E-state index contributed by atoms with van der Waals surface area (Å²) in [5.74, 6) is 0.0112. The van der Waals surface area contributed by atoms with E-state index in [2.05, 4.69) is 21.9 Å². The summed E-state index contributed by atoms with van der Waals surface area (Å²) in [6, 6.07) is 5.57. The van der Waals surface area contributed by atoms with Crippen LogP contribution in [0, 0.1) is 0 Å². The van der Waals surface area contributed by atoms with E-state index in [0.29, 0.717) is 5.69 Å². The van der Waals surface area contributed by atoms with Gasteiger partial charge in [-0.25, -0.2) is 0 Å². The van der Waals surface area contributed by atoms with Gasteiger partial charge in [0.05, 0.1) is 0 Å². The van der Waals surface area contributed by atoms with Gasteiger partial charge in [-0.15, -0.1) is 0 Å². The molecule has 0 saturated heterocycles. The maximum absolute atomic E-state index is 12.1. The van der Waals surface area contributed by atoms with Crippen LogP contribution in [0.2, 0.25) is 0 Å². The molecule has 2 aromatic heterocycles. The maximum atomic E-state index is 12.1. The van der Waals surface area contributed by atoms with E-state index in [1.54, 1.807) is 18.5 Å². The predicted molar refractivity (Wildman–Crippen MR) is 87.7 cm³/mol. The van der Waals surface area contributed by atoms with E-state index in [0.717, 1.165) is 29.7 Å². The molecule has 0 spiro atoms. The Morgan fingerprint density at radius 2 is 2.09 bits per heavy atom. The van der Waals surface area contributed by atoms with Gasteiger partial charge in [-0.05, 0) is 37.1 Å². The number of hydrogen-bond acceptors (Lipinski definition) is 4. The fraction of sp³-hybridized carbons (Fsp3) is 0.294. The molecule has 0 unspecified atom stereocenters. The van der Waals surface area contributed by atoms with Gasteiger partial charge in [-0.2, -0.15) is 0 Å². The summed E-state index contributed by atoms with van der Waals surface area (Å²) in [5.41, 5.74) is 2.90. The second kappa shape index (κ2) is 7.45. The average molecular weight is 297 g/mol. The van der Waals surface area contributed by atoms with Crippen molar-refractivity contribution in [2.75, 3.05) is 0 Å². The number of hydrogen-bond donors (Lipinski definition) is 1. The van der Waals surface area contributed by atoms with E-state index >= 15 is 0 Å². The minimum Gasteiger partial charge on any atom is -0.324 e. The molecule has 114 valence electrons. The molecule has 0 amide bonds. The number of nitrogens with one attached hydrogen (secondary N) is 1. The summed E-state index contributed by atoms with van der Waals surface area (Å²) in [4.78, 5) is 34.1. The van der Waals surface area contributed by atoms with Gasteiger partial charge in [0.15, 0.2) is 0 Å². The van der Waals surface area contributed by atoms with Crippen molar-refractivity contribution in [1.29, 1.82) is 0 Å². The Labute approximate surface area is 129 Å². The highest BCUT2D eigenvalue weighted by molar-refractivity contribution is 5.90. The first-order valence-corrected chi connectivity index (χ1v) is 7.30. The van der Waals surface area contributed by atoms with E-state index in [-0.39, 0.29) is 17.8 Å². The summed E-state index contributed by atoms with van der Waals surface area (Å²) in [6.07, 6.45) is 6.85. The Morgan fingerprint density at radius 3 is 2.73 bits per heavy atom. The number of aromatic amines is 1. The van der Waals surface area contributed by atoms with E-state index in [1.165, 1.54) is 13.1 Å². The van der Waals surface area contributed by atoms with Crippen molar-refractivity contribution in [3.8, 4) is 11.1 Å². The van der Waals surface area contributed by atoms with Crippen molar-refractivity contribution in [2.24, 2.45) is 4.99 Å². The van der Waals surface area contributed by atoms with Gasteiger partial charge in [0.1, 0.15) is 11.5 Å². The molecule has 2 aromatic rings. The summed E-state index contributed by atoms with van der Waals surface area (Å²) < 4.78 is 0. The molecule has 5 nitrogen and oxygen atoms in total. The van der Waals surface area contributed by atoms with E-state index in [9.17, 15) is 9.59 Å². The Hall–Kier alpha value is -2.56. The lowest BCUT2D eigenvalue weighted by Crippen LogP contribution is -2.10. The van der Waals surface area contributed by atoms with Gasteiger partial charge < -0.3 is 4.98 Å². The molecule has 1 N–H and O–H groups in total. The normalized spacial score (nSPS) is 11.0. The van der Waals surface area contributed by atoms with Crippen molar-refractivity contribution >= 4 is 17.7 Å². The molecule has 0 atom stereocenters. The molecule has 22 heavy (non-hydrogen) atoms. The van der Waals surface area contributed by atoms with Crippen molar-refractivity contribution in [2.45, 2.75) is 33.1 Å². The third-order valence-corrected chi connectivity index (χ3v) is 3.20. The zero-order valence-corrected chi connectivity index (χ0v) is 12.8. The largest absolute Gasteiger partial charge is 0.324 e. The van der Waals surface area contributed by atoms with Crippen LogP contribution >= 0.6 is 0 Å². The molecule has 0 aromatic carbocycles. The maximum Gasteiger partial charge on any atom is 0.274 e. The highest BCUT2D eigenvalue weighted by atomic mass is 16.1. The Balaban J connectivity index is 2.47. The van der Waals surface area contributed by atoms with Crippen LogP contribution in [0.1, 0.15) is 32.4 Å². The van der Waals surface area contributed by atoms with Crippen LogP contribution in [0.15, 0.2) is 40.4 Å². The second-order valence-corrected chi connectivity index (χ2v) is 5.08. The number of nitrogens with zero attached hydrogens (tertiary/aromatic N) is 2. The average Bonchev–Trinajstić information content (AvgIpc) is 2.50. The topological polar surface area (TPSA) is 75.2 Å². The van der Waals surface area contributed by atoms with Crippen LogP contribution in [0.3, 0.4) is 0 Å². The molecule has 0 radical (unpaired) electrons. The van der Waals surface area contributed by atoms with E-state index in [1.807, 2.05) is 12.1 Å². The first-order valence-electron chi connectivity index (χ1n) is 7.30. The number of H-pyrrole nitrogens is 1. The number of carbonyl (C=O) groups is 1. The number of rotatable bonds is 6. The molecule has 2 heterocycles. The third kappa shape index (κ3) is 3.97. The lowest BCUT2D eigenvalue weighted by atomic mass is 10.0. The molecule has 0 aliphatic rings. The van der Waals surface area contributed by atoms with E-state index in [4.69, 9.17) is 0 Å². The summed E-state index contributed by atoms with van der Waals surface area (Å²) in [5, 5.41) is 0. The van der Waals surface area contributed by atoms with Gasteiger partial charge >= 0.3 is 0 Å². The zero-order chi connectivity index (χ0) is 15.9. The van der Waals surface area contributed by atoms with Gasteiger partial charge in [-0.3, -0.25) is 19.6 Å². The van der Waals surface area contributed by atoms with Crippen LogP contribution in [-0.4, -0.2) is 22.0 Å². The molecule has 0 aliphatic heterocycles. The van der Waals surface area contributed by atoms with Crippen molar-refractivity contribution in [3.05, 3.63) is 46.6 Å². The number of ketones is 1. The van der Waals surface area contributed by atoms with Crippen LogP contribution in [-0.2, 0) is 11.2 Å². The Morgan fingerprint density at radius 1 is 1.36 bits per heavy atom. The first-order chi connectivity index (χ1) is 10.6. The smallest absolute Gasteiger partial charge is 0.274 e. The second-order valence-electron chi connectivity index (χ2n) is 5.08. The third-order valence-electron chi connectivity index (χ3n) is 3.20. The van der Waals surface area contributed by atoms with Gasteiger partial charge in [0, 0.05) is 36.3 Å². The number of aryl methyl sites for hydroxylation is 1. The standard InChI is InChI=1S/C17H19N3O2/c1-3-4-15-14(13-6-8-18-9-7-13)11-16(17(22)20-15)19-10-5-12(2)21/h6-11H,3-5H2,1-2H3,(H,20,22). The van der Waals surface area contributed by atoms with Gasteiger partial charge in [-0.1, -0.05) is 13.3 Å². The minimum absolute atomic E-state index is 0.0112. The fourth-order valence-electron chi connectivity index (χ4n) is 2.16. The van der Waals surface area contributed by atoms with Crippen LogP contribution in [0.25, 0.3) is 11.1 Å². The summed E-state index contributed by atoms with van der Waals surface area (Å²) in [7, 11) is 0. The molecular weight excluding hydrogens is 278 g/mol. The number of pyridine rings is 2. The highest BCUT2D eigenvalue weighted by Crippen LogP contribution is 2.25. The molecular formula is C17H19N3O2. The fourth-order valence-corrected chi connectivity index (χ4v) is 2.16. The number of aliphatic imine (C=N–C) groups is 1. The summed E-state index contributed by atoms with van der Waals surface area (Å²) >= 11 is 0. The highest BCUT2D eigenvalue weighted by Gasteiger charge is 2.09. The SMILES string of the molecule is CCCc1[nH]c(=O)c(N=CCC(C)=O)cc1-c1ccncc1. The first kappa shape index (κ1) is 15.8. The quantitative estimate of drug-likeness (QED) is 0.832. The molecule has 0 bridgehead atoms. The lowest BCUT2D eigenvalue weighted by molar-refractivity contribution is -0.115. The Bertz CT molecular complexity index is 733. The molecule has 0 fully saturated rings. The van der Waals surface area contributed by atoms with Crippen LogP contribution in [0.4, 0.5) is 5.69 Å². The number of Topliss-reactive ketones (excluding diaryl/α,β-unsaturated/α-hetero) is 1. The lowest BCUT2D eigenvalue weighted by Gasteiger charge is -2.09. The monoisotopic (exact) mass is 297 g/mol. The van der Waals surface area contributed by atoms with Gasteiger partial charge in [0.25, 0.3) is 5.56 Å². The molecule has 2 rings (SSSR count). The van der Waals surface area contributed by atoms with Crippen molar-refractivity contribution in [1.82, 2.24) is 9.97 Å². The molecule has 0 saturated carbocycles. The summed E-state index contributed by atoms with van der Waals surface area (Å²) in [6.45, 7) is 3.55. The molecule has 0 aliphatic carbocycles. The van der Waals surface area contributed by atoms with Crippen LogP contribution < -0.4 is 5.56 Å². The Kier molecular flexibility index (Phi) is 5.36. The number of aromatic nitrogens is 2. The van der Waals surface area contributed by atoms with E-state index < -0.39 is 0 Å². The van der Waals surface area contributed by atoms with Crippen molar-refractivity contribution in [3.63, 3.8) is 0 Å². The minimum atomic E-state index is -0.235. The molecule has 5 heteroatoms. The van der Waals surface area contributed by atoms with Crippen LogP contribution in [0.5, 0.6) is 0 Å². The zero-order valence-electron chi connectivity index (χ0n) is 12.8. The number of carbonyl (C=O) groups excluding carboxylic acids is 1. The predicted octanol–water partition coefficient (Wildman–Crippen LogP) is 3.07. The van der Waals surface area contributed by atoms with Gasteiger partial charge in [0.2, 0.25) is 0 Å². The van der Waals surface area contributed by atoms with Crippen molar-refractivity contribution < 1.29 is 4.79 Å².